The Balaban J connectivity index is 1.82. The number of hydrogen-bond acceptors (Lipinski definition) is 5. The van der Waals surface area contributed by atoms with Crippen molar-refractivity contribution in [3.8, 4) is 0 Å². The fourth-order valence-corrected chi connectivity index (χ4v) is 1.85. The Morgan fingerprint density at radius 3 is 2.94 bits per heavy atom. The minimum absolute atomic E-state index is 0.0850. The van der Waals surface area contributed by atoms with Gasteiger partial charge < -0.3 is 19.5 Å². The van der Waals surface area contributed by atoms with E-state index in [1.54, 1.807) is 0 Å². The fourth-order valence-electron chi connectivity index (χ4n) is 1.85. The van der Waals surface area contributed by atoms with Crippen LogP contribution in [-0.4, -0.2) is 51.6 Å². The van der Waals surface area contributed by atoms with Gasteiger partial charge in [-0.3, -0.25) is 4.79 Å². The molecule has 5 heteroatoms. The van der Waals surface area contributed by atoms with Gasteiger partial charge in [-0.1, -0.05) is 6.42 Å². The summed E-state index contributed by atoms with van der Waals surface area (Å²) in [7, 11) is 0. The Hall–Kier alpha value is -0.650. The van der Waals surface area contributed by atoms with Crippen molar-refractivity contribution in [1.82, 2.24) is 5.32 Å². The van der Waals surface area contributed by atoms with Crippen LogP contribution in [0.1, 0.15) is 32.6 Å². The van der Waals surface area contributed by atoms with E-state index in [-0.39, 0.29) is 12.1 Å². The summed E-state index contributed by atoms with van der Waals surface area (Å²) in [6, 6.07) is 0. The quantitative estimate of drug-likeness (QED) is 0.496. The Kier molecular flexibility index (Phi) is 8.81. The van der Waals surface area contributed by atoms with Crippen LogP contribution < -0.4 is 5.32 Å². The summed E-state index contributed by atoms with van der Waals surface area (Å²) < 4.78 is 15.7. The number of carbonyl (C=O) groups is 1. The summed E-state index contributed by atoms with van der Waals surface area (Å²) in [6.07, 6.45) is 3.76. The third-order valence-corrected chi connectivity index (χ3v) is 2.80. The zero-order valence-corrected chi connectivity index (χ0v) is 11.3. The van der Waals surface area contributed by atoms with E-state index >= 15 is 0 Å². The predicted molar refractivity (Wildman–Crippen MR) is 68.5 cm³/mol. The van der Waals surface area contributed by atoms with E-state index in [1.165, 1.54) is 0 Å². The first-order chi connectivity index (χ1) is 8.83. The van der Waals surface area contributed by atoms with Gasteiger partial charge in [0.1, 0.15) is 0 Å². The number of unbranched alkanes of at least 4 members (excludes halogenated alkanes) is 2. The first-order valence-electron chi connectivity index (χ1n) is 6.88. The monoisotopic (exact) mass is 259 g/mol. The molecule has 0 aromatic carbocycles. The van der Waals surface area contributed by atoms with E-state index in [4.69, 9.17) is 14.2 Å². The van der Waals surface area contributed by atoms with E-state index in [0.29, 0.717) is 32.8 Å². The van der Waals surface area contributed by atoms with Crippen LogP contribution in [-0.2, 0) is 19.0 Å². The number of hydrogen-bond donors (Lipinski definition) is 1. The molecule has 1 aliphatic rings. The Labute approximate surface area is 109 Å². The molecule has 1 fully saturated rings. The van der Waals surface area contributed by atoms with E-state index in [1.807, 2.05) is 6.92 Å². The van der Waals surface area contributed by atoms with E-state index in [9.17, 15) is 4.79 Å². The van der Waals surface area contributed by atoms with Gasteiger partial charge in [-0.05, 0) is 26.3 Å². The van der Waals surface area contributed by atoms with Crippen LogP contribution in [0.4, 0.5) is 0 Å². The molecular formula is C13H25NO4. The topological polar surface area (TPSA) is 56.8 Å². The largest absolute Gasteiger partial charge is 0.466 e. The maximum Gasteiger partial charge on any atom is 0.305 e. The third kappa shape index (κ3) is 7.63. The molecule has 1 aliphatic heterocycles. The molecule has 0 amide bonds. The van der Waals surface area contributed by atoms with Gasteiger partial charge in [-0.15, -0.1) is 0 Å². The van der Waals surface area contributed by atoms with Crippen molar-refractivity contribution in [3.05, 3.63) is 0 Å². The highest BCUT2D eigenvalue weighted by Gasteiger charge is 2.12. The average Bonchev–Trinajstić information content (AvgIpc) is 2.39. The van der Waals surface area contributed by atoms with Crippen LogP contribution in [0.25, 0.3) is 0 Å². The normalized spacial score (nSPS) is 19.7. The van der Waals surface area contributed by atoms with Crippen LogP contribution >= 0.6 is 0 Å². The molecule has 1 heterocycles. The molecule has 0 aromatic rings. The molecule has 1 rings (SSSR count). The second-order valence-corrected chi connectivity index (χ2v) is 4.39. The lowest BCUT2D eigenvalue weighted by Crippen LogP contribution is -2.37. The van der Waals surface area contributed by atoms with E-state index in [2.05, 4.69) is 5.32 Å². The predicted octanol–water partition coefficient (Wildman–Crippen LogP) is 1.11. The van der Waals surface area contributed by atoms with Crippen LogP contribution in [0.5, 0.6) is 0 Å². The highest BCUT2D eigenvalue weighted by Crippen LogP contribution is 2.02. The van der Waals surface area contributed by atoms with Crippen LogP contribution in [0.3, 0.4) is 0 Å². The van der Waals surface area contributed by atoms with Crippen molar-refractivity contribution in [2.24, 2.45) is 0 Å². The second kappa shape index (κ2) is 10.3. The molecule has 0 spiro atoms. The first-order valence-corrected chi connectivity index (χ1v) is 6.88. The summed E-state index contributed by atoms with van der Waals surface area (Å²) in [4.78, 5) is 11.1. The Morgan fingerprint density at radius 1 is 1.33 bits per heavy atom. The molecule has 1 saturated heterocycles. The number of nitrogens with one attached hydrogen (secondary N) is 1. The maximum atomic E-state index is 11.1. The van der Waals surface area contributed by atoms with Crippen molar-refractivity contribution in [2.45, 2.75) is 38.7 Å². The number of rotatable bonds is 9. The Morgan fingerprint density at radius 2 is 2.22 bits per heavy atom. The molecule has 0 radical (unpaired) electrons. The second-order valence-electron chi connectivity index (χ2n) is 4.39. The van der Waals surface area contributed by atoms with Crippen molar-refractivity contribution < 1.29 is 19.0 Å². The van der Waals surface area contributed by atoms with Gasteiger partial charge in [-0.2, -0.15) is 0 Å². The average molecular weight is 259 g/mol. The zero-order chi connectivity index (χ0) is 13.1. The summed E-state index contributed by atoms with van der Waals surface area (Å²) in [5.74, 6) is -0.0850. The van der Waals surface area contributed by atoms with Gasteiger partial charge in [0.2, 0.25) is 0 Å². The van der Waals surface area contributed by atoms with Crippen molar-refractivity contribution in [1.29, 1.82) is 0 Å². The molecule has 5 nitrogen and oxygen atoms in total. The molecular weight excluding hydrogens is 234 g/mol. The first kappa shape index (κ1) is 15.4. The fraction of sp³-hybridized carbons (Fsp3) is 0.923. The smallest absolute Gasteiger partial charge is 0.305 e. The van der Waals surface area contributed by atoms with Crippen LogP contribution in [0.2, 0.25) is 0 Å². The summed E-state index contributed by atoms with van der Waals surface area (Å²) in [5, 5.41) is 3.35. The van der Waals surface area contributed by atoms with E-state index in [0.717, 1.165) is 32.4 Å². The lowest BCUT2D eigenvalue weighted by molar-refractivity contribution is -0.143. The summed E-state index contributed by atoms with van der Waals surface area (Å²) in [6.45, 7) is 6.22. The van der Waals surface area contributed by atoms with Gasteiger partial charge >= 0.3 is 5.97 Å². The minimum Gasteiger partial charge on any atom is -0.466 e. The molecule has 1 unspecified atom stereocenters. The molecule has 18 heavy (non-hydrogen) atoms. The number of carbonyl (C=O) groups excluding carboxylic acids is 1. The molecule has 106 valence electrons. The highest BCUT2D eigenvalue weighted by molar-refractivity contribution is 5.69. The lowest BCUT2D eigenvalue weighted by Gasteiger charge is -2.23. The third-order valence-electron chi connectivity index (χ3n) is 2.80. The summed E-state index contributed by atoms with van der Waals surface area (Å²) in [5.41, 5.74) is 0. The van der Waals surface area contributed by atoms with Crippen LogP contribution in [0.15, 0.2) is 0 Å². The van der Waals surface area contributed by atoms with Gasteiger partial charge in [0.15, 0.2) is 0 Å². The van der Waals surface area contributed by atoms with Crippen molar-refractivity contribution in [2.75, 3.05) is 39.5 Å². The van der Waals surface area contributed by atoms with Crippen molar-refractivity contribution >= 4 is 5.97 Å². The van der Waals surface area contributed by atoms with Gasteiger partial charge in [0.05, 0.1) is 32.5 Å². The van der Waals surface area contributed by atoms with E-state index < -0.39 is 0 Å². The van der Waals surface area contributed by atoms with Crippen molar-refractivity contribution in [3.63, 3.8) is 0 Å². The molecule has 0 aromatic heterocycles. The number of esters is 1. The van der Waals surface area contributed by atoms with Gasteiger partial charge in [0.25, 0.3) is 0 Å². The molecule has 1 N–H and O–H groups in total. The maximum absolute atomic E-state index is 11.1. The van der Waals surface area contributed by atoms with Gasteiger partial charge in [0, 0.05) is 13.0 Å². The SMILES string of the molecule is CCOC(=O)CCCCCNCC1COCCO1. The number of ether oxygens (including phenoxy) is 3. The molecule has 0 aliphatic carbocycles. The van der Waals surface area contributed by atoms with Gasteiger partial charge in [-0.25, -0.2) is 0 Å². The molecule has 0 saturated carbocycles. The summed E-state index contributed by atoms with van der Waals surface area (Å²) >= 11 is 0. The zero-order valence-electron chi connectivity index (χ0n) is 11.3. The lowest BCUT2D eigenvalue weighted by atomic mass is 10.2. The minimum atomic E-state index is -0.0850. The van der Waals surface area contributed by atoms with Crippen LogP contribution in [0, 0.1) is 0 Å². The molecule has 0 bridgehead atoms. The Bertz CT molecular complexity index is 217. The molecule has 1 atom stereocenters. The highest BCUT2D eigenvalue weighted by atomic mass is 16.6. The standard InChI is InChI=1S/C13H25NO4/c1-2-17-13(15)6-4-3-5-7-14-10-12-11-16-8-9-18-12/h12,14H,2-11H2,1H3.